The van der Waals surface area contributed by atoms with Crippen LogP contribution in [-0.2, 0) is 20.7 Å². The van der Waals surface area contributed by atoms with Crippen LogP contribution in [0.5, 0.6) is 5.95 Å². The largest absolute Gasteiger partial charge is 0.468 e. The van der Waals surface area contributed by atoms with E-state index < -0.39 is 28.5 Å². The molecule has 0 aromatic carbocycles. The highest BCUT2D eigenvalue weighted by Crippen LogP contribution is 2.63. The van der Waals surface area contributed by atoms with Crippen molar-refractivity contribution in [3.05, 3.63) is 39.3 Å². The van der Waals surface area contributed by atoms with Crippen LogP contribution in [0.15, 0.2) is 21.4 Å². The van der Waals surface area contributed by atoms with Gasteiger partial charge in [-0.2, -0.15) is 0 Å². The van der Waals surface area contributed by atoms with Gasteiger partial charge in [0.1, 0.15) is 16.9 Å². The van der Waals surface area contributed by atoms with Gasteiger partial charge < -0.3 is 23.7 Å². The Hall–Kier alpha value is -2.61. The summed E-state index contributed by atoms with van der Waals surface area (Å²) in [7, 11) is 2.67. The molecular formula is C29H42O8. The highest BCUT2D eigenvalue weighted by Gasteiger charge is 2.58. The number of hydrogen-bond donors (Lipinski definition) is 1. The van der Waals surface area contributed by atoms with Gasteiger partial charge in [0.2, 0.25) is 5.43 Å². The summed E-state index contributed by atoms with van der Waals surface area (Å²) in [5, 5.41) is 11.3. The molecule has 0 aliphatic heterocycles. The summed E-state index contributed by atoms with van der Waals surface area (Å²) in [5.41, 5.74) is -0.519. The minimum Gasteiger partial charge on any atom is -0.468 e. The van der Waals surface area contributed by atoms with Crippen LogP contribution in [0.25, 0.3) is 0 Å². The summed E-state index contributed by atoms with van der Waals surface area (Å²) in [6, 6.07) is 0. The molecule has 5 unspecified atom stereocenters. The number of allylic oxidation sites excluding steroid dienone is 1. The summed E-state index contributed by atoms with van der Waals surface area (Å²) in [6.07, 6.45) is 4.17. The average molecular weight is 519 g/mol. The van der Waals surface area contributed by atoms with Crippen molar-refractivity contribution in [1.29, 1.82) is 0 Å². The molecule has 2 aliphatic rings. The number of ether oxygens (including phenoxy) is 3. The maximum absolute atomic E-state index is 13.5. The second-order valence-corrected chi connectivity index (χ2v) is 11.9. The molecule has 3 rings (SSSR count). The van der Waals surface area contributed by atoms with Crippen LogP contribution in [-0.4, -0.2) is 43.5 Å². The summed E-state index contributed by atoms with van der Waals surface area (Å²) >= 11 is 0. The Labute approximate surface area is 219 Å². The van der Waals surface area contributed by atoms with Crippen molar-refractivity contribution < 1.29 is 33.3 Å². The van der Waals surface area contributed by atoms with Crippen molar-refractivity contribution >= 4 is 12.4 Å². The maximum atomic E-state index is 13.5. The van der Waals surface area contributed by atoms with Crippen LogP contribution in [0, 0.1) is 29.6 Å². The standard InChI is InChI=1S/C29H42O8/c1-17-9-10-21-28(5,12-11-22(31)29(21,6)14-13-27(3,4)36-16-30)20(17)15-19-24(32)23(25(33)34-7)18(2)37-26(19)35-8/h16,20-22,31H,1,9-15H2,2-8H3. The lowest BCUT2D eigenvalue weighted by Crippen LogP contribution is -2.56. The van der Waals surface area contributed by atoms with Gasteiger partial charge >= 0.3 is 5.97 Å². The predicted octanol–water partition coefficient (Wildman–Crippen LogP) is 4.77. The fraction of sp³-hybridized carbons (Fsp3) is 0.690. The van der Waals surface area contributed by atoms with Crippen molar-refractivity contribution in [1.82, 2.24) is 0 Å². The molecule has 1 heterocycles. The van der Waals surface area contributed by atoms with E-state index in [0.29, 0.717) is 37.7 Å². The van der Waals surface area contributed by atoms with Crippen molar-refractivity contribution in [3.63, 3.8) is 0 Å². The molecule has 0 spiro atoms. The number of carbonyl (C=O) groups is 2. The molecule has 206 valence electrons. The van der Waals surface area contributed by atoms with Gasteiger partial charge in [0.05, 0.1) is 25.9 Å². The van der Waals surface area contributed by atoms with Crippen LogP contribution in [0.2, 0.25) is 0 Å². The first-order valence-electron chi connectivity index (χ1n) is 13.0. The number of hydrogen-bond acceptors (Lipinski definition) is 8. The zero-order valence-corrected chi connectivity index (χ0v) is 23.3. The van der Waals surface area contributed by atoms with Gasteiger partial charge in [0.15, 0.2) is 0 Å². The molecule has 0 radical (unpaired) electrons. The molecule has 0 bridgehead atoms. The number of carbonyl (C=O) groups excluding carboxylic acids is 2. The van der Waals surface area contributed by atoms with Gasteiger partial charge in [0, 0.05) is 0 Å². The van der Waals surface area contributed by atoms with Crippen LogP contribution in [0.3, 0.4) is 0 Å². The molecule has 2 saturated carbocycles. The number of aliphatic hydroxyl groups excluding tert-OH is 1. The van der Waals surface area contributed by atoms with E-state index in [9.17, 15) is 19.5 Å². The van der Waals surface area contributed by atoms with Crippen LogP contribution < -0.4 is 10.2 Å². The molecule has 2 fully saturated rings. The molecule has 1 aromatic rings. The first-order chi connectivity index (χ1) is 17.3. The second-order valence-electron chi connectivity index (χ2n) is 11.9. The zero-order chi connectivity index (χ0) is 27.8. The van der Waals surface area contributed by atoms with Crippen molar-refractivity contribution in [2.24, 2.45) is 22.7 Å². The van der Waals surface area contributed by atoms with Gasteiger partial charge in [-0.15, -0.1) is 0 Å². The Morgan fingerprint density at radius 3 is 2.54 bits per heavy atom. The highest BCUT2D eigenvalue weighted by atomic mass is 16.6. The number of methoxy groups -OCH3 is 2. The highest BCUT2D eigenvalue weighted by molar-refractivity contribution is 5.90. The van der Waals surface area contributed by atoms with E-state index in [1.165, 1.54) is 14.2 Å². The summed E-state index contributed by atoms with van der Waals surface area (Å²) in [4.78, 5) is 36.9. The van der Waals surface area contributed by atoms with Crippen molar-refractivity contribution in [2.75, 3.05) is 14.2 Å². The van der Waals surface area contributed by atoms with E-state index in [4.69, 9.17) is 18.6 Å². The molecule has 37 heavy (non-hydrogen) atoms. The fourth-order valence-electron chi connectivity index (χ4n) is 7.00. The first-order valence-corrected chi connectivity index (χ1v) is 13.0. The summed E-state index contributed by atoms with van der Waals surface area (Å²) in [5.74, 6) is -0.426. The lowest BCUT2D eigenvalue weighted by molar-refractivity contribution is -0.152. The average Bonchev–Trinajstić information content (AvgIpc) is 2.83. The molecule has 8 heteroatoms. The molecule has 1 aromatic heterocycles. The number of aryl methyl sites for hydroxylation is 1. The lowest BCUT2D eigenvalue weighted by atomic mass is 9.45. The monoisotopic (exact) mass is 518 g/mol. The molecule has 8 nitrogen and oxygen atoms in total. The molecule has 0 saturated heterocycles. The Balaban J connectivity index is 2.03. The van der Waals surface area contributed by atoms with Gasteiger partial charge in [-0.1, -0.05) is 26.0 Å². The summed E-state index contributed by atoms with van der Waals surface area (Å²) < 4.78 is 21.3. The van der Waals surface area contributed by atoms with Crippen molar-refractivity contribution in [3.8, 4) is 5.95 Å². The summed E-state index contributed by atoms with van der Waals surface area (Å²) in [6.45, 7) is 14.5. The number of rotatable bonds is 9. The van der Waals surface area contributed by atoms with Crippen LogP contribution in [0.1, 0.15) is 87.9 Å². The van der Waals surface area contributed by atoms with E-state index in [1.54, 1.807) is 6.92 Å². The molecule has 1 N–H and O–H groups in total. The number of esters is 1. The molecular weight excluding hydrogens is 476 g/mol. The van der Waals surface area contributed by atoms with Gasteiger partial charge in [0.25, 0.3) is 12.4 Å². The van der Waals surface area contributed by atoms with E-state index in [1.807, 2.05) is 13.8 Å². The third-order valence-electron chi connectivity index (χ3n) is 9.31. The first kappa shape index (κ1) is 29.0. The Morgan fingerprint density at radius 1 is 1.27 bits per heavy atom. The molecule has 5 atom stereocenters. The Kier molecular flexibility index (Phi) is 8.32. The lowest BCUT2D eigenvalue weighted by Gasteiger charge is -2.60. The SMILES string of the molecule is C=C1CCC2C(C)(CCC(C)(C)OC=O)C(O)CCC2(C)C1Cc1c(OC)oc(C)c(C(=O)OC)c1=O. The Morgan fingerprint density at radius 2 is 1.95 bits per heavy atom. The van der Waals surface area contributed by atoms with Gasteiger partial charge in [-0.05, 0) is 88.4 Å². The minimum absolute atomic E-state index is 0.0812. The third-order valence-corrected chi connectivity index (χ3v) is 9.31. The minimum atomic E-state index is -0.741. The topological polar surface area (TPSA) is 112 Å². The Bertz CT molecular complexity index is 1100. The van der Waals surface area contributed by atoms with E-state index in [2.05, 4.69) is 20.4 Å². The van der Waals surface area contributed by atoms with E-state index in [0.717, 1.165) is 24.8 Å². The maximum Gasteiger partial charge on any atom is 0.345 e. The normalized spacial score (nSPS) is 29.8. The van der Waals surface area contributed by atoms with Crippen molar-refractivity contribution in [2.45, 2.75) is 91.3 Å². The fourth-order valence-corrected chi connectivity index (χ4v) is 7.00. The van der Waals surface area contributed by atoms with E-state index >= 15 is 0 Å². The van der Waals surface area contributed by atoms with E-state index in [-0.39, 0.29) is 34.5 Å². The number of aliphatic hydroxyl groups is 1. The third kappa shape index (κ3) is 5.22. The quantitative estimate of drug-likeness (QED) is 0.283. The number of fused-ring (bicyclic) bond motifs is 1. The molecule has 0 amide bonds. The smallest absolute Gasteiger partial charge is 0.345 e. The van der Waals surface area contributed by atoms with Gasteiger partial charge in [-0.3, -0.25) is 9.59 Å². The molecule has 2 aliphatic carbocycles. The van der Waals surface area contributed by atoms with Crippen LogP contribution >= 0.6 is 0 Å². The predicted molar refractivity (Wildman–Crippen MR) is 139 cm³/mol. The zero-order valence-electron chi connectivity index (χ0n) is 23.3. The van der Waals surface area contributed by atoms with Gasteiger partial charge in [-0.25, -0.2) is 4.79 Å². The second kappa shape index (κ2) is 10.6. The van der Waals surface area contributed by atoms with Crippen LogP contribution in [0.4, 0.5) is 0 Å².